The minimum absolute atomic E-state index is 0.535. The van der Waals surface area contributed by atoms with Gasteiger partial charge in [0.2, 0.25) is 0 Å². The van der Waals surface area contributed by atoms with Crippen LogP contribution in [-0.2, 0) is 13.0 Å². The van der Waals surface area contributed by atoms with Crippen LogP contribution in [0.5, 0.6) is 5.75 Å². The number of ether oxygens (including phenoxy) is 1. The second-order valence-electron chi connectivity index (χ2n) is 5.00. The van der Waals surface area contributed by atoms with Crippen molar-refractivity contribution in [3.63, 3.8) is 0 Å². The van der Waals surface area contributed by atoms with E-state index in [0.717, 1.165) is 28.0 Å². The molecule has 0 spiro atoms. The smallest absolute Gasteiger partial charge is 0.170 e. The van der Waals surface area contributed by atoms with Gasteiger partial charge in [-0.1, -0.05) is 35.0 Å². The monoisotopic (exact) mass is 301 g/mol. The molecule has 0 saturated heterocycles. The molecule has 4 heteroatoms. The van der Waals surface area contributed by atoms with Crippen LogP contribution in [-0.4, -0.2) is 11.0 Å². The van der Waals surface area contributed by atoms with Crippen molar-refractivity contribution in [2.75, 3.05) is 5.88 Å². The molecule has 21 heavy (non-hydrogen) atoms. The molecular formula is C17H16ClNO2. The van der Waals surface area contributed by atoms with E-state index in [1.54, 1.807) is 0 Å². The van der Waals surface area contributed by atoms with Gasteiger partial charge in [-0.3, -0.25) is 0 Å². The molecule has 0 amide bonds. The lowest BCUT2D eigenvalue weighted by molar-refractivity contribution is 0.306. The fraction of sp³-hybridized carbons (Fsp3) is 0.235. The van der Waals surface area contributed by atoms with Gasteiger partial charge < -0.3 is 9.26 Å². The van der Waals surface area contributed by atoms with E-state index in [4.69, 9.17) is 20.9 Å². The van der Waals surface area contributed by atoms with Gasteiger partial charge in [-0.15, -0.1) is 11.6 Å². The molecule has 0 N–H and O–H groups in total. The van der Waals surface area contributed by atoms with Crippen molar-refractivity contribution in [1.82, 2.24) is 5.16 Å². The molecule has 0 saturated carbocycles. The molecular weight excluding hydrogens is 286 g/mol. The van der Waals surface area contributed by atoms with Gasteiger partial charge in [0.15, 0.2) is 5.58 Å². The maximum absolute atomic E-state index is 5.80. The fourth-order valence-corrected chi connectivity index (χ4v) is 2.36. The van der Waals surface area contributed by atoms with Gasteiger partial charge in [-0.25, -0.2) is 0 Å². The first-order valence-electron chi connectivity index (χ1n) is 6.89. The van der Waals surface area contributed by atoms with E-state index in [9.17, 15) is 0 Å². The Morgan fingerprint density at radius 3 is 2.71 bits per heavy atom. The molecule has 0 aliphatic heterocycles. The van der Waals surface area contributed by atoms with Crippen LogP contribution in [0.2, 0.25) is 0 Å². The lowest BCUT2D eigenvalue weighted by atomic mass is 10.1. The molecule has 108 valence electrons. The first-order valence-corrected chi connectivity index (χ1v) is 7.42. The van der Waals surface area contributed by atoms with Gasteiger partial charge >= 0.3 is 0 Å². The van der Waals surface area contributed by atoms with Gasteiger partial charge in [0.25, 0.3) is 0 Å². The van der Waals surface area contributed by atoms with Gasteiger partial charge in [-0.05, 0) is 24.6 Å². The number of rotatable bonds is 5. The molecule has 0 radical (unpaired) electrons. The van der Waals surface area contributed by atoms with E-state index in [0.29, 0.717) is 18.9 Å². The Bertz CT molecular complexity index is 734. The third-order valence-corrected chi connectivity index (χ3v) is 3.56. The van der Waals surface area contributed by atoms with E-state index >= 15 is 0 Å². The summed E-state index contributed by atoms with van der Waals surface area (Å²) in [6.45, 7) is 2.61. The average Bonchev–Trinajstić information content (AvgIpc) is 2.90. The summed E-state index contributed by atoms with van der Waals surface area (Å²) in [6, 6.07) is 14.1. The van der Waals surface area contributed by atoms with E-state index < -0.39 is 0 Å². The van der Waals surface area contributed by atoms with Crippen molar-refractivity contribution < 1.29 is 9.26 Å². The maximum Gasteiger partial charge on any atom is 0.170 e. The summed E-state index contributed by atoms with van der Waals surface area (Å²) >= 11 is 5.75. The summed E-state index contributed by atoms with van der Waals surface area (Å²) in [5.41, 5.74) is 4.01. The zero-order chi connectivity index (χ0) is 14.7. The predicted molar refractivity (Wildman–Crippen MR) is 83.9 cm³/mol. The normalized spacial score (nSPS) is 11.0. The summed E-state index contributed by atoms with van der Waals surface area (Å²) in [6.07, 6.45) is 0.706. The lowest BCUT2D eigenvalue weighted by Gasteiger charge is -2.06. The molecule has 1 heterocycles. The van der Waals surface area contributed by atoms with Gasteiger partial charge in [0.1, 0.15) is 12.4 Å². The minimum Gasteiger partial charge on any atom is -0.489 e. The standard InChI is InChI=1S/C17H16ClNO2/c1-12-2-4-13(5-3-12)11-20-14-6-7-15-16(8-9-18)19-21-17(15)10-14/h2-7,10H,8-9,11H2,1H3. The summed E-state index contributed by atoms with van der Waals surface area (Å²) in [5, 5.41) is 5.04. The summed E-state index contributed by atoms with van der Waals surface area (Å²) in [7, 11) is 0. The van der Waals surface area contributed by atoms with Crippen molar-refractivity contribution in [3.8, 4) is 5.75 Å². The van der Waals surface area contributed by atoms with Crippen LogP contribution in [0.15, 0.2) is 47.0 Å². The highest BCUT2D eigenvalue weighted by atomic mass is 35.5. The highest BCUT2D eigenvalue weighted by molar-refractivity contribution is 6.18. The first-order chi connectivity index (χ1) is 10.3. The Hall–Kier alpha value is -2.00. The predicted octanol–water partition coefficient (Wildman–Crippen LogP) is 4.50. The number of hydrogen-bond donors (Lipinski definition) is 0. The minimum atomic E-state index is 0.535. The molecule has 0 fully saturated rings. The topological polar surface area (TPSA) is 35.3 Å². The number of halogens is 1. The summed E-state index contributed by atoms with van der Waals surface area (Å²) in [4.78, 5) is 0. The van der Waals surface area contributed by atoms with E-state index in [1.165, 1.54) is 5.56 Å². The molecule has 3 rings (SSSR count). The van der Waals surface area contributed by atoms with Crippen LogP contribution in [0, 0.1) is 6.92 Å². The molecule has 0 aliphatic carbocycles. The van der Waals surface area contributed by atoms with Crippen molar-refractivity contribution in [3.05, 3.63) is 59.3 Å². The molecule has 0 unspecified atom stereocenters. The molecule has 2 aromatic carbocycles. The number of aromatic nitrogens is 1. The van der Waals surface area contributed by atoms with Crippen LogP contribution in [0.25, 0.3) is 11.0 Å². The molecule has 0 bridgehead atoms. The molecule has 1 aromatic heterocycles. The quantitative estimate of drug-likeness (QED) is 0.651. The molecule has 0 atom stereocenters. The van der Waals surface area contributed by atoms with E-state index in [2.05, 4.69) is 36.3 Å². The molecule has 3 aromatic rings. The van der Waals surface area contributed by atoms with Crippen molar-refractivity contribution >= 4 is 22.6 Å². The van der Waals surface area contributed by atoms with Crippen LogP contribution in [0.4, 0.5) is 0 Å². The van der Waals surface area contributed by atoms with Crippen molar-refractivity contribution in [2.24, 2.45) is 0 Å². The number of benzene rings is 2. The van der Waals surface area contributed by atoms with Crippen LogP contribution >= 0.6 is 11.6 Å². The van der Waals surface area contributed by atoms with Gasteiger partial charge in [0, 0.05) is 23.8 Å². The van der Waals surface area contributed by atoms with Gasteiger partial charge in [0.05, 0.1) is 5.69 Å². The second-order valence-corrected chi connectivity index (χ2v) is 5.38. The van der Waals surface area contributed by atoms with Crippen LogP contribution in [0.3, 0.4) is 0 Å². The van der Waals surface area contributed by atoms with E-state index in [-0.39, 0.29) is 0 Å². The largest absolute Gasteiger partial charge is 0.489 e. The summed E-state index contributed by atoms with van der Waals surface area (Å²) in [5.74, 6) is 1.31. The third-order valence-electron chi connectivity index (χ3n) is 3.38. The lowest BCUT2D eigenvalue weighted by Crippen LogP contribution is -1.95. The molecule has 3 nitrogen and oxygen atoms in total. The van der Waals surface area contributed by atoms with Crippen LogP contribution < -0.4 is 4.74 Å². The highest BCUT2D eigenvalue weighted by Gasteiger charge is 2.08. The Balaban J connectivity index is 1.74. The maximum atomic E-state index is 5.80. The number of hydrogen-bond acceptors (Lipinski definition) is 3. The van der Waals surface area contributed by atoms with Crippen molar-refractivity contribution in [1.29, 1.82) is 0 Å². The Morgan fingerprint density at radius 2 is 1.95 bits per heavy atom. The number of nitrogens with zero attached hydrogens (tertiary/aromatic N) is 1. The zero-order valence-corrected chi connectivity index (χ0v) is 12.6. The average molecular weight is 302 g/mol. The Morgan fingerprint density at radius 1 is 1.14 bits per heavy atom. The number of aryl methyl sites for hydroxylation is 2. The highest BCUT2D eigenvalue weighted by Crippen LogP contribution is 2.24. The Kier molecular flexibility index (Phi) is 4.11. The SMILES string of the molecule is Cc1ccc(COc2ccc3c(CCCl)noc3c2)cc1. The third kappa shape index (κ3) is 3.19. The summed E-state index contributed by atoms with van der Waals surface area (Å²) < 4.78 is 11.1. The molecule has 0 aliphatic rings. The second kappa shape index (κ2) is 6.19. The number of alkyl halides is 1. The fourth-order valence-electron chi connectivity index (χ4n) is 2.18. The Labute approximate surface area is 128 Å². The number of fused-ring (bicyclic) bond motifs is 1. The first kappa shape index (κ1) is 14.0. The van der Waals surface area contributed by atoms with E-state index in [1.807, 2.05) is 18.2 Å². The van der Waals surface area contributed by atoms with Gasteiger partial charge in [-0.2, -0.15) is 0 Å². The van der Waals surface area contributed by atoms with Crippen molar-refractivity contribution in [2.45, 2.75) is 20.0 Å². The zero-order valence-electron chi connectivity index (χ0n) is 11.8. The van der Waals surface area contributed by atoms with Crippen LogP contribution in [0.1, 0.15) is 16.8 Å².